The van der Waals surface area contributed by atoms with E-state index in [0.717, 1.165) is 30.4 Å². The van der Waals surface area contributed by atoms with Crippen LogP contribution in [0.15, 0.2) is 34.2 Å². The minimum Gasteiger partial charge on any atom is -0.458 e. The van der Waals surface area contributed by atoms with Gasteiger partial charge in [0.25, 0.3) is 5.91 Å². The number of anilines is 1. The van der Waals surface area contributed by atoms with Gasteiger partial charge in [0.05, 0.1) is 6.61 Å². The normalized spacial score (nSPS) is 14.4. The zero-order valence-corrected chi connectivity index (χ0v) is 17.1. The number of ether oxygens (including phenoxy) is 1. The summed E-state index contributed by atoms with van der Waals surface area (Å²) in [4.78, 5) is 27.9. The smallest absolute Gasteiger partial charge is 0.251 e. The third-order valence-corrected chi connectivity index (χ3v) is 5.39. The van der Waals surface area contributed by atoms with Crippen molar-refractivity contribution in [3.05, 3.63) is 35.5 Å². The molecule has 1 fully saturated rings. The minimum absolute atomic E-state index is 0.0143. The number of hydrogen-bond donors (Lipinski definition) is 1. The summed E-state index contributed by atoms with van der Waals surface area (Å²) in [5.74, 6) is 1.84. The molecule has 8 nitrogen and oxygen atoms in total. The van der Waals surface area contributed by atoms with E-state index in [0.29, 0.717) is 29.7 Å². The lowest BCUT2D eigenvalue weighted by atomic mass is 10.3. The van der Waals surface area contributed by atoms with Crippen LogP contribution in [0.4, 0.5) is 5.82 Å². The van der Waals surface area contributed by atoms with Gasteiger partial charge in [0.1, 0.15) is 28.9 Å². The van der Waals surface area contributed by atoms with Crippen LogP contribution in [0.5, 0.6) is 0 Å². The summed E-state index contributed by atoms with van der Waals surface area (Å²) in [6.07, 6.45) is 4.20. The molecule has 1 amide bonds. The molecule has 152 valence electrons. The maximum absolute atomic E-state index is 12.3. The highest BCUT2D eigenvalue weighted by atomic mass is 32.1. The molecule has 1 N–H and O–H groups in total. The topological polar surface area (TPSA) is 93.4 Å². The first-order chi connectivity index (χ1) is 14.2. The van der Waals surface area contributed by atoms with E-state index in [2.05, 4.69) is 25.2 Å². The molecule has 0 bridgehead atoms. The van der Waals surface area contributed by atoms with Crippen LogP contribution in [-0.2, 0) is 9.53 Å². The van der Waals surface area contributed by atoms with E-state index in [1.54, 1.807) is 12.3 Å². The van der Waals surface area contributed by atoms with Crippen LogP contribution in [0.1, 0.15) is 18.6 Å². The van der Waals surface area contributed by atoms with Gasteiger partial charge in [0.15, 0.2) is 11.6 Å². The molecule has 4 heterocycles. The lowest BCUT2D eigenvalue weighted by molar-refractivity contribution is -0.120. The second-order valence-electron chi connectivity index (χ2n) is 6.86. The van der Waals surface area contributed by atoms with Gasteiger partial charge in [-0.15, -0.1) is 11.3 Å². The highest BCUT2D eigenvalue weighted by Crippen LogP contribution is 2.26. The molecule has 0 aliphatic carbocycles. The summed E-state index contributed by atoms with van der Waals surface area (Å²) in [6, 6.07) is 5.37. The fraction of sp³-hybridized carbons (Fsp3) is 0.400. The zero-order chi connectivity index (χ0) is 20.1. The lowest BCUT2D eigenvalue weighted by Gasteiger charge is -2.14. The molecule has 0 aromatic carbocycles. The van der Waals surface area contributed by atoms with Gasteiger partial charge in [-0.25, -0.2) is 15.0 Å². The predicted octanol–water partition coefficient (Wildman–Crippen LogP) is 3.22. The summed E-state index contributed by atoms with van der Waals surface area (Å²) in [7, 11) is 0. The van der Waals surface area contributed by atoms with E-state index in [-0.39, 0.29) is 12.5 Å². The van der Waals surface area contributed by atoms with Gasteiger partial charge in [-0.3, -0.25) is 4.79 Å². The standard InChI is InChI=1S/C20H23N5O3S/c1-14-4-5-16(28-14)19-22-15(20-21-6-11-29-20)12-17(24-19)23-18(26)13-27-10-9-25-7-2-3-8-25/h4-6,11-12H,2-3,7-10,13H2,1H3,(H,22,23,24,26). The van der Waals surface area contributed by atoms with Crippen LogP contribution < -0.4 is 5.32 Å². The maximum Gasteiger partial charge on any atom is 0.251 e. The average Bonchev–Trinajstić information content (AvgIpc) is 3.47. The molecular weight excluding hydrogens is 390 g/mol. The van der Waals surface area contributed by atoms with Gasteiger partial charge in [-0.2, -0.15) is 0 Å². The summed E-state index contributed by atoms with van der Waals surface area (Å²) < 4.78 is 11.2. The van der Waals surface area contributed by atoms with Crippen LogP contribution in [0.25, 0.3) is 22.3 Å². The van der Waals surface area contributed by atoms with Crippen LogP contribution in [0.2, 0.25) is 0 Å². The Labute approximate surface area is 173 Å². The number of nitrogens with one attached hydrogen (secondary N) is 1. The van der Waals surface area contributed by atoms with Gasteiger partial charge >= 0.3 is 0 Å². The van der Waals surface area contributed by atoms with E-state index >= 15 is 0 Å². The largest absolute Gasteiger partial charge is 0.458 e. The van der Waals surface area contributed by atoms with Crippen molar-refractivity contribution >= 4 is 23.1 Å². The van der Waals surface area contributed by atoms with Crippen LogP contribution in [-0.4, -0.2) is 58.6 Å². The van der Waals surface area contributed by atoms with E-state index in [1.165, 1.54) is 24.2 Å². The van der Waals surface area contributed by atoms with Crippen molar-refractivity contribution < 1.29 is 13.9 Å². The van der Waals surface area contributed by atoms with Crippen LogP contribution in [0.3, 0.4) is 0 Å². The summed E-state index contributed by atoms with van der Waals surface area (Å²) >= 11 is 1.47. The monoisotopic (exact) mass is 413 g/mol. The molecule has 1 aliphatic heterocycles. The van der Waals surface area contributed by atoms with Crippen molar-refractivity contribution in [3.63, 3.8) is 0 Å². The zero-order valence-electron chi connectivity index (χ0n) is 16.3. The third kappa shape index (κ3) is 5.26. The van der Waals surface area contributed by atoms with Gasteiger partial charge in [0.2, 0.25) is 0 Å². The third-order valence-electron chi connectivity index (χ3n) is 4.59. The number of likely N-dealkylation sites (tertiary alicyclic amines) is 1. The van der Waals surface area contributed by atoms with E-state index in [9.17, 15) is 4.79 Å². The summed E-state index contributed by atoms with van der Waals surface area (Å²) in [5.41, 5.74) is 0.629. The molecule has 1 saturated heterocycles. The highest BCUT2D eigenvalue weighted by Gasteiger charge is 2.15. The molecule has 0 atom stereocenters. The number of aryl methyl sites for hydroxylation is 1. The number of hydrogen-bond acceptors (Lipinski definition) is 8. The molecule has 0 saturated carbocycles. The van der Waals surface area contributed by atoms with Crippen molar-refractivity contribution in [1.82, 2.24) is 19.9 Å². The first kappa shape index (κ1) is 19.7. The number of rotatable bonds is 8. The molecular formula is C20H23N5O3S. The molecule has 0 unspecified atom stereocenters. The Kier molecular flexibility index (Phi) is 6.28. The number of thiazole rings is 1. The highest BCUT2D eigenvalue weighted by molar-refractivity contribution is 7.13. The minimum atomic E-state index is -0.253. The van der Waals surface area contributed by atoms with Gasteiger partial charge in [-0.1, -0.05) is 0 Å². The molecule has 1 aliphatic rings. The van der Waals surface area contributed by atoms with E-state index in [4.69, 9.17) is 9.15 Å². The number of furan rings is 1. The number of carbonyl (C=O) groups excluding carboxylic acids is 1. The average molecular weight is 414 g/mol. The Morgan fingerprint density at radius 1 is 1.31 bits per heavy atom. The Bertz CT molecular complexity index is 951. The molecule has 4 rings (SSSR count). The van der Waals surface area contributed by atoms with E-state index < -0.39 is 0 Å². The maximum atomic E-state index is 12.3. The second kappa shape index (κ2) is 9.25. The first-order valence-electron chi connectivity index (χ1n) is 9.63. The summed E-state index contributed by atoms with van der Waals surface area (Å²) in [6.45, 7) is 5.47. The number of carbonyl (C=O) groups is 1. The predicted molar refractivity (Wildman–Crippen MR) is 111 cm³/mol. The molecule has 9 heteroatoms. The number of amides is 1. The number of aromatic nitrogens is 3. The quantitative estimate of drug-likeness (QED) is 0.567. The van der Waals surface area contributed by atoms with Crippen molar-refractivity contribution in [1.29, 1.82) is 0 Å². The second-order valence-corrected chi connectivity index (χ2v) is 7.75. The van der Waals surface area contributed by atoms with Crippen LogP contribution >= 0.6 is 11.3 Å². The Morgan fingerprint density at radius 3 is 2.90 bits per heavy atom. The fourth-order valence-corrected chi connectivity index (χ4v) is 3.78. The Morgan fingerprint density at radius 2 is 2.17 bits per heavy atom. The van der Waals surface area contributed by atoms with Gasteiger partial charge in [0, 0.05) is 24.2 Å². The summed E-state index contributed by atoms with van der Waals surface area (Å²) in [5, 5.41) is 5.42. The molecule has 0 radical (unpaired) electrons. The lowest BCUT2D eigenvalue weighted by Crippen LogP contribution is -2.26. The van der Waals surface area contributed by atoms with E-state index in [1.807, 2.05) is 24.4 Å². The molecule has 29 heavy (non-hydrogen) atoms. The Hall–Kier alpha value is -2.62. The molecule has 0 spiro atoms. The van der Waals surface area contributed by atoms with Crippen molar-refractivity contribution in [3.8, 4) is 22.3 Å². The number of nitrogens with zero attached hydrogens (tertiary/aromatic N) is 4. The first-order valence-corrected chi connectivity index (χ1v) is 10.5. The Balaban J connectivity index is 1.42. The van der Waals surface area contributed by atoms with Crippen molar-refractivity contribution in [2.45, 2.75) is 19.8 Å². The fourth-order valence-electron chi connectivity index (χ4n) is 3.18. The molecule has 3 aromatic rings. The van der Waals surface area contributed by atoms with Gasteiger partial charge < -0.3 is 19.4 Å². The van der Waals surface area contributed by atoms with Gasteiger partial charge in [-0.05, 0) is 45.0 Å². The molecule has 3 aromatic heterocycles. The van der Waals surface area contributed by atoms with Crippen LogP contribution in [0, 0.1) is 6.92 Å². The van der Waals surface area contributed by atoms with Crippen molar-refractivity contribution in [2.75, 3.05) is 38.2 Å². The SMILES string of the molecule is Cc1ccc(-c2nc(NC(=O)COCCN3CCCC3)cc(-c3nccs3)n2)o1. The van der Waals surface area contributed by atoms with Crippen molar-refractivity contribution in [2.24, 2.45) is 0 Å².